The van der Waals surface area contributed by atoms with Crippen molar-refractivity contribution < 1.29 is 39.6 Å². The summed E-state index contributed by atoms with van der Waals surface area (Å²) in [5.41, 5.74) is 2.57. The van der Waals surface area contributed by atoms with Gasteiger partial charge in [0.25, 0.3) is 11.3 Å². The van der Waals surface area contributed by atoms with Crippen molar-refractivity contribution in [1.29, 1.82) is 0 Å². The quantitative estimate of drug-likeness (QED) is 0.231. The number of pyridine rings is 4. The van der Waals surface area contributed by atoms with Crippen molar-refractivity contribution in [3.05, 3.63) is 118 Å². The van der Waals surface area contributed by atoms with E-state index in [1.165, 1.54) is 0 Å². The average molecular weight is 947 g/mol. The topological polar surface area (TPSA) is 206 Å². The van der Waals surface area contributed by atoms with E-state index in [9.17, 15) is 19.8 Å². The summed E-state index contributed by atoms with van der Waals surface area (Å²) in [5.74, 6) is -3.90. The summed E-state index contributed by atoms with van der Waals surface area (Å²) < 4.78 is 0. The number of carbonyl (C=O) groups is 2. The molecular formula is C42H48N10O4Os. The van der Waals surface area contributed by atoms with Gasteiger partial charge in [0.05, 0.1) is 22.8 Å². The molecule has 2 aliphatic rings. The average Bonchev–Trinajstić information content (AvgIpc) is 3.79. The van der Waals surface area contributed by atoms with Crippen LogP contribution < -0.4 is 10.2 Å². The first-order chi connectivity index (χ1) is 25.9. The van der Waals surface area contributed by atoms with E-state index in [2.05, 4.69) is 133 Å². The summed E-state index contributed by atoms with van der Waals surface area (Å²) >= 11 is 0. The van der Waals surface area contributed by atoms with E-state index in [4.69, 9.17) is 0 Å². The molecule has 0 unspecified atom stereocenters. The van der Waals surface area contributed by atoms with Crippen molar-refractivity contribution in [2.75, 3.05) is 0 Å². The number of aliphatic imine (C=N–C) groups is 2. The Morgan fingerprint density at radius 3 is 0.860 bits per heavy atom. The van der Waals surface area contributed by atoms with Gasteiger partial charge in [-0.25, -0.2) is 9.98 Å². The first kappa shape index (κ1) is 44.4. The molecule has 2 aliphatic heterocycles. The number of rotatable bonds is 6. The number of azo groups is 2. The van der Waals surface area contributed by atoms with Gasteiger partial charge in [0.2, 0.25) is 0 Å². The number of hydrogen-bond donors (Lipinski definition) is 0. The van der Waals surface area contributed by atoms with E-state index >= 15 is 0 Å². The molecule has 0 aliphatic carbocycles. The van der Waals surface area contributed by atoms with Crippen LogP contribution in [0.25, 0.3) is 0 Å². The van der Waals surface area contributed by atoms with Crippen molar-refractivity contribution in [3.63, 3.8) is 0 Å². The molecule has 0 aromatic carbocycles. The molecule has 0 N–H and O–H groups in total. The number of carbonyl (C=O) groups excluding carboxylic acids is 2. The number of amidine groups is 2. The third-order valence-corrected chi connectivity index (χ3v) is 9.41. The second-order valence-electron chi connectivity index (χ2n) is 17.9. The minimum absolute atomic E-state index is 0. The second-order valence-corrected chi connectivity index (χ2v) is 17.9. The van der Waals surface area contributed by atoms with Crippen LogP contribution >= 0.6 is 0 Å². The van der Waals surface area contributed by atoms with Crippen LogP contribution in [0.4, 0.5) is 0 Å². The van der Waals surface area contributed by atoms with Gasteiger partial charge in [-0.3, -0.25) is 19.9 Å². The molecule has 4 aromatic rings. The zero-order chi connectivity index (χ0) is 41.5. The van der Waals surface area contributed by atoms with Crippen LogP contribution in [0.3, 0.4) is 0 Å². The van der Waals surface area contributed by atoms with Crippen LogP contribution in [0.2, 0.25) is 0 Å². The predicted molar refractivity (Wildman–Crippen MR) is 208 cm³/mol. The zero-order valence-corrected chi connectivity index (χ0v) is 36.9. The maximum atomic E-state index is 11.4. The summed E-state index contributed by atoms with van der Waals surface area (Å²) in [6.07, 6.45) is 6.70. The molecule has 0 atom stereocenters. The smallest absolute Gasteiger partial charge is 0.541 e. The van der Waals surface area contributed by atoms with Crippen LogP contribution in [0.5, 0.6) is 0 Å². The van der Waals surface area contributed by atoms with Gasteiger partial charge >= 0.3 is 19.8 Å². The molecule has 0 fully saturated rings. The summed E-state index contributed by atoms with van der Waals surface area (Å²) in [6, 6.07) is 15.2. The van der Waals surface area contributed by atoms with Gasteiger partial charge < -0.3 is 19.8 Å². The second kappa shape index (κ2) is 15.9. The summed E-state index contributed by atoms with van der Waals surface area (Å²) in [6.45, 7) is 25.0. The van der Waals surface area contributed by atoms with E-state index in [1.807, 2.05) is 48.5 Å². The molecule has 0 saturated carbocycles. The molecule has 0 spiro atoms. The van der Waals surface area contributed by atoms with Gasteiger partial charge in [-0.15, -0.1) is 20.5 Å². The van der Waals surface area contributed by atoms with Crippen LogP contribution in [0.1, 0.15) is 128 Å². The summed E-state index contributed by atoms with van der Waals surface area (Å²) in [7, 11) is 0. The first-order valence-electron chi connectivity index (χ1n) is 18.2. The summed E-state index contributed by atoms with van der Waals surface area (Å²) in [4.78, 5) is 49.2. The van der Waals surface area contributed by atoms with Gasteiger partial charge in [0, 0.05) is 24.8 Å². The fraction of sp³-hybridized carbons (Fsp3) is 0.429. The Balaban J connectivity index is 0.000000248. The Bertz CT molecular complexity index is 2010. The molecule has 6 heterocycles. The molecular weight excluding hydrogens is 899 g/mol. The Labute approximate surface area is 346 Å². The van der Waals surface area contributed by atoms with Crippen molar-refractivity contribution in [3.8, 4) is 0 Å². The monoisotopic (exact) mass is 948 g/mol. The zero-order valence-electron chi connectivity index (χ0n) is 34.4. The number of hydrogen-bond acceptors (Lipinski definition) is 14. The molecule has 0 bridgehead atoms. The Kier molecular flexibility index (Phi) is 12.4. The number of aromatic nitrogens is 4. The summed E-state index contributed by atoms with van der Waals surface area (Å²) in [5, 5.41) is 38.7. The molecule has 15 heteroatoms. The van der Waals surface area contributed by atoms with Crippen molar-refractivity contribution in [2.45, 2.75) is 116 Å². The minimum Gasteiger partial charge on any atom is -0.541 e. The fourth-order valence-corrected chi connectivity index (χ4v) is 5.86. The molecule has 57 heavy (non-hydrogen) atoms. The van der Waals surface area contributed by atoms with Gasteiger partial charge in [0.1, 0.15) is 11.9 Å². The van der Waals surface area contributed by atoms with Gasteiger partial charge in [-0.1, -0.05) is 83.1 Å². The van der Waals surface area contributed by atoms with E-state index in [0.29, 0.717) is 22.8 Å². The third-order valence-electron chi connectivity index (χ3n) is 9.41. The van der Waals surface area contributed by atoms with E-state index in [0.717, 1.165) is 22.3 Å². The Hall–Kier alpha value is -5.28. The number of nitrogens with zero attached hydrogens (tertiary/aromatic N) is 10. The van der Waals surface area contributed by atoms with Crippen LogP contribution in [-0.4, -0.2) is 43.5 Å². The molecule has 6 rings (SSSR count). The van der Waals surface area contributed by atoms with Crippen LogP contribution in [0, 0.1) is 0 Å². The molecule has 14 nitrogen and oxygen atoms in total. The Morgan fingerprint density at radius 1 is 0.456 bits per heavy atom. The van der Waals surface area contributed by atoms with Crippen molar-refractivity contribution in [2.24, 2.45) is 30.4 Å². The maximum absolute atomic E-state index is 11.4. The fourth-order valence-electron chi connectivity index (χ4n) is 5.86. The van der Waals surface area contributed by atoms with Gasteiger partial charge in [0.15, 0.2) is 11.7 Å². The molecule has 0 radical (unpaired) electrons. The van der Waals surface area contributed by atoms with Crippen LogP contribution in [0.15, 0.2) is 104 Å². The first-order valence-corrected chi connectivity index (χ1v) is 18.2. The van der Waals surface area contributed by atoms with Crippen molar-refractivity contribution in [1.82, 2.24) is 19.9 Å². The van der Waals surface area contributed by atoms with Gasteiger partial charge in [-0.2, -0.15) is 0 Å². The molecule has 4 aromatic heterocycles. The minimum atomic E-state index is -1.48. The third kappa shape index (κ3) is 9.47. The van der Waals surface area contributed by atoms with Crippen molar-refractivity contribution >= 4 is 23.6 Å². The van der Waals surface area contributed by atoms with Gasteiger partial charge in [-0.05, 0) is 92.4 Å². The van der Waals surface area contributed by atoms with E-state index in [-0.39, 0.29) is 41.5 Å². The molecule has 0 saturated heterocycles. The Morgan fingerprint density at radius 2 is 0.684 bits per heavy atom. The number of carboxylic acid groups (broad SMARTS) is 2. The molecule has 298 valence electrons. The molecule has 0 amide bonds. The van der Waals surface area contributed by atoms with E-state index in [1.54, 1.807) is 24.8 Å². The standard InChI is InChI=1S/2C21H25N5O2.Os/c2*1-19(2,3)13-7-9-22-15(11-13)21(24-17(18(27)28)25-26-21)16-12-14(8-10-23-16)20(4,5)6;/h2*7-12H,1-6H3,(H,27,28);/q;;+2/p-2. The normalized spacial score (nSPS) is 15.9. The van der Waals surface area contributed by atoms with E-state index < -0.39 is 34.9 Å². The SMILES string of the molecule is CC(C)(C)c1ccnc(C2(c3cc(C(C)(C)C)ccn3)N=NC(C(=O)[O-])=N2)c1.CC(C)(C)c1ccnc(C2(c3cc(C(C)(C)C)ccn3)N=NC(C(=O)[O-])=N2)c1.[Os+2]. The maximum Gasteiger partial charge on any atom is 2.00 e. The predicted octanol–water partition coefficient (Wildman–Crippen LogP) is 5.77. The number of carboxylic acids is 2. The van der Waals surface area contributed by atoms with Crippen LogP contribution in [-0.2, 0) is 62.4 Å². The largest absolute Gasteiger partial charge is 2.00 e. The number of aliphatic carboxylic acids is 2.